The number of aryl methyl sites for hydroxylation is 1. The van der Waals surface area contributed by atoms with E-state index in [1.807, 2.05) is 13.8 Å². The van der Waals surface area contributed by atoms with Crippen molar-refractivity contribution in [3.05, 3.63) is 17.3 Å². The Hall–Kier alpha value is -1.37. The topological polar surface area (TPSA) is 89.3 Å². The largest absolute Gasteiger partial charge is 0.445 e. The van der Waals surface area contributed by atoms with Crippen LogP contribution >= 0.6 is 0 Å². The summed E-state index contributed by atoms with van der Waals surface area (Å²) in [5.41, 5.74) is 0.0478. The molecule has 0 spiro atoms. The molecule has 106 valence electrons. The first-order valence-corrected chi connectivity index (χ1v) is 7.89. The zero-order chi connectivity index (χ0) is 14.2. The van der Waals surface area contributed by atoms with Gasteiger partial charge in [0.2, 0.25) is 10.0 Å². The van der Waals surface area contributed by atoms with Crippen LogP contribution in [-0.2, 0) is 10.0 Å². The van der Waals surface area contributed by atoms with Crippen molar-refractivity contribution >= 4 is 15.9 Å². The van der Waals surface area contributed by atoms with Crippen LogP contribution < -0.4 is 4.72 Å². The number of hydrogen-bond acceptors (Lipinski definition) is 5. The predicted molar refractivity (Wildman–Crippen MR) is 69.4 cm³/mol. The van der Waals surface area contributed by atoms with Crippen LogP contribution in [0.3, 0.4) is 0 Å². The van der Waals surface area contributed by atoms with Crippen molar-refractivity contribution in [2.75, 3.05) is 0 Å². The maximum atomic E-state index is 11.9. The highest BCUT2D eigenvalue weighted by Crippen LogP contribution is 2.25. The molecule has 0 unspecified atom stereocenters. The Morgan fingerprint density at radius 1 is 1.42 bits per heavy atom. The van der Waals surface area contributed by atoms with Gasteiger partial charge in [0.05, 0.1) is 5.25 Å². The summed E-state index contributed by atoms with van der Waals surface area (Å²) in [7, 11) is -3.58. The molecule has 0 saturated heterocycles. The van der Waals surface area contributed by atoms with Gasteiger partial charge in [0.1, 0.15) is 5.76 Å². The first kappa shape index (κ1) is 14.0. The molecule has 1 heterocycles. The van der Waals surface area contributed by atoms with Crippen LogP contribution in [0.4, 0.5) is 0 Å². The number of carbonyl (C=O) groups is 1. The van der Waals surface area contributed by atoms with Gasteiger partial charge in [-0.2, -0.15) is 0 Å². The molecule has 7 heteroatoms. The van der Waals surface area contributed by atoms with Crippen LogP contribution in [0.25, 0.3) is 0 Å². The number of rotatable bonds is 4. The van der Waals surface area contributed by atoms with Crippen LogP contribution in [0.1, 0.15) is 61.2 Å². The molecular weight excluding hydrogens is 268 g/mol. The molecule has 1 amide bonds. The molecule has 1 aromatic rings. The highest BCUT2D eigenvalue weighted by molar-refractivity contribution is 7.90. The van der Waals surface area contributed by atoms with Gasteiger partial charge in [-0.3, -0.25) is 4.79 Å². The molecule has 0 atom stereocenters. The van der Waals surface area contributed by atoms with Gasteiger partial charge in [0.25, 0.3) is 5.91 Å². The van der Waals surface area contributed by atoms with Crippen LogP contribution in [0.15, 0.2) is 4.42 Å². The smallest absolute Gasteiger partial charge is 0.286 e. The normalized spacial score (nSPS) is 16.4. The quantitative estimate of drug-likeness (QED) is 0.910. The summed E-state index contributed by atoms with van der Waals surface area (Å²) in [4.78, 5) is 16.0. The van der Waals surface area contributed by atoms with Gasteiger partial charge >= 0.3 is 0 Å². The minimum Gasteiger partial charge on any atom is -0.445 e. The van der Waals surface area contributed by atoms with Gasteiger partial charge in [-0.05, 0) is 19.8 Å². The molecule has 6 nitrogen and oxygen atoms in total. The number of nitrogens with one attached hydrogen (secondary N) is 1. The Morgan fingerprint density at radius 2 is 2.05 bits per heavy atom. The molecule has 0 bridgehead atoms. The highest BCUT2D eigenvalue weighted by atomic mass is 32.2. The molecule has 1 N–H and O–H groups in total. The summed E-state index contributed by atoms with van der Waals surface area (Å²) in [6, 6.07) is 0. The van der Waals surface area contributed by atoms with E-state index < -0.39 is 21.2 Å². The molecule has 1 saturated carbocycles. The minimum absolute atomic E-state index is 0.0449. The fourth-order valence-electron chi connectivity index (χ4n) is 1.82. The molecular formula is C12H18N2O4S. The van der Waals surface area contributed by atoms with Gasteiger partial charge < -0.3 is 4.42 Å². The van der Waals surface area contributed by atoms with Crippen LogP contribution in [-0.4, -0.2) is 24.6 Å². The van der Waals surface area contributed by atoms with E-state index in [1.54, 1.807) is 6.92 Å². The van der Waals surface area contributed by atoms with E-state index >= 15 is 0 Å². The molecule has 0 aliphatic heterocycles. The molecule has 2 rings (SSSR count). The fourth-order valence-corrected chi connectivity index (χ4v) is 3.29. The number of aromatic nitrogens is 1. The number of sulfonamides is 1. The fraction of sp³-hybridized carbons (Fsp3) is 0.667. The van der Waals surface area contributed by atoms with Crippen molar-refractivity contribution < 1.29 is 17.6 Å². The lowest BCUT2D eigenvalue weighted by molar-refractivity contribution is 0.0975. The summed E-state index contributed by atoms with van der Waals surface area (Å²) in [5, 5.41) is -0.451. The zero-order valence-corrected chi connectivity index (χ0v) is 12.1. The van der Waals surface area contributed by atoms with Crippen molar-refractivity contribution in [3.8, 4) is 0 Å². The molecule has 19 heavy (non-hydrogen) atoms. The van der Waals surface area contributed by atoms with Crippen LogP contribution in [0.2, 0.25) is 0 Å². The van der Waals surface area contributed by atoms with Gasteiger partial charge in [-0.1, -0.05) is 20.3 Å². The van der Waals surface area contributed by atoms with E-state index in [0.29, 0.717) is 24.5 Å². The number of carbonyl (C=O) groups excluding carboxylic acids is 1. The Balaban J connectivity index is 2.16. The monoisotopic (exact) mass is 286 g/mol. The van der Waals surface area contributed by atoms with E-state index in [0.717, 1.165) is 6.42 Å². The van der Waals surface area contributed by atoms with Crippen molar-refractivity contribution in [3.63, 3.8) is 0 Å². The minimum atomic E-state index is -3.58. The zero-order valence-electron chi connectivity index (χ0n) is 11.3. The Bertz CT molecular complexity index is 585. The van der Waals surface area contributed by atoms with E-state index in [-0.39, 0.29) is 11.6 Å². The number of amides is 1. The lowest BCUT2D eigenvalue weighted by Crippen LogP contribution is -2.41. The summed E-state index contributed by atoms with van der Waals surface area (Å²) in [5.74, 6) is 0.109. The standard InChI is InChI=1S/C12H18N2O4S/c1-7(2)12-13-10(8(3)18-12)11(15)14-19(16,17)9-5-4-6-9/h7,9H,4-6H2,1-3H3,(H,14,15). The third-order valence-electron chi connectivity index (χ3n) is 3.25. The van der Waals surface area contributed by atoms with Gasteiger partial charge in [-0.15, -0.1) is 0 Å². The first-order valence-electron chi connectivity index (χ1n) is 6.34. The van der Waals surface area contributed by atoms with Crippen molar-refractivity contribution in [1.82, 2.24) is 9.71 Å². The summed E-state index contributed by atoms with van der Waals surface area (Å²) in [6.07, 6.45) is 2.11. The summed E-state index contributed by atoms with van der Waals surface area (Å²) in [6.45, 7) is 5.37. The van der Waals surface area contributed by atoms with E-state index in [4.69, 9.17) is 4.42 Å². The van der Waals surface area contributed by atoms with Gasteiger partial charge in [0, 0.05) is 5.92 Å². The second-order valence-electron chi connectivity index (χ2n) is 5.14. The third kappa shape index (κ3) is 2.80. The molecule has 1 aliphatic rings. The SMILES string of the molecule is Cc1oc(C(C)C)nc1C(=O)NS(=O)(=O)C1CCC1. The number of nitrogens with zero attached hydrogens (tertiary/aromatic N) is 1. The Morgan fingerprint density at radius 3 is 2.47 bits per heavy atom. The average Bonchev–Trinajstić information content (AvgIpc) is 2.55. The number of hydrogen-bond donors (Lipinski definition) is 1. The Labute approximate surface area is 112 Å². The van der Waals surface area contributed by atoms with Crippen LogP contribution in [0.5, 0.6) is 0 Å². The molecule has 1 aromatic heterocycles. The maximum absolute atomic E-state index is 11.9. The molecule has 1 aliphatic carbocycles. The van der Waals surface area contributed by atoms with Crippen molar-refractivity contribution in [2.24, 2.45) is 0 Å². The average molecular weight is 286 g/mol. The highest BCUT2D eigenvalue weighted by Gasteiger charge is 2.33. The van der Waals surface area contributed by atoms with Crippen molar-refractivity contribution in [2.45, 2.75) is 51.2 Å². The Kier molecular flexibility index (Phi) is 3.66. The van der Waals surface area contributed by atoms with Crippen LogP contribution in [0, 0.1) is 6.92 Å². The maximum Gasteiger partial charge on any atom is 0.286 e. The van der Waals surface area contributed by atoms with Gasteiger partial charge in [-0.25, -0.2) is 18.1 Å². The first-order chi connectivity index (χ1) is 8.81. The van der Waals surface area contributed by atoms with Gasteiger partial charge in [0.15, 0.2) is 11.6 Å². The predicted octanol–water partition coefficient (Wildman–Crippen LogP) is 1.72. The lowest BCUT2D eigenvalue weighted by Gasteiger charge is -2.24. The van der Waals surface area contributed by atoms with Crippen molar-refractivity contribution in [1.29, 1.82) is 0 Å². The molecule has 0 aromatic carbocycles. The molecule has 0 radical (unpaired) electrons. The lowest BCUT2D eigenvalue weighted by atomic mass is 10.0. The molecule has 1 fully saturated rings. The number of oxazole rings is 1. The summed E-state index contributed by atoms with van der Waals surface area (Å²) >= 11 is 0. The third-order valence-corrected chi connectivity index (χ3v) is 5.07. The van der Waals surface area contributed by atoms with E-state index in [2.05, 4.69) is 9.71 Å². The van der Waals surface area contributed by atoms with E-state index in [9.17, 15) is 13.2 Å². The van der Waals surface area contributed by atoms with E-state index in [1.165, 1.54) is 0 Å². The second kappa shape index (κ2) is 4.96. The summed E-state index contributed by atoms with van der Waals surface area (Å²) < 4.78 is 31.1. The second-order valence-corrected chi connectivity index (χ2v) is 7.10.